The second kappa shape index (κ2) is 18.6. The summed E-state index contributed by atoms with van der Waals surface area (Å²) in [5.41, 5.74) is 10.2. The molecule has 1 atom stereocenters. The Morgan fingerprint density at radius 1 is 0.898 bits per heavy atom. The number of hydrogen-bond acceptors (Lipinski definition) is 7. The van der Waals surface area contributed by atoms with Gasteiger partial charge in [0.1, 0.15) is 18.1 Å². The summed E-state index contributed by atoms with van der Waals surface area (Å²) in [5, 5.41) is 9.67. The van der Waals surface area contributed by atoms with E-state index in [0.29, 0.717) is 54.8 Å². The molecule has 0 N–H and O–H groups in total. The fourth-order valence-corrected chi connectivity index (χ4v) is 8.53. The Labute approximate surface area is 357 Å². The fraction of sp³-hybridized carbons (Fsp3) is 0.312. The van der Waals surface area contributed by atoms with Crippen molar-refractivity contribution in [2.24, 2.45) is 12.1 Å². The van der Waals surface area contributed by atoms with Crippen molar-refractivity contribution in [1.82, 2.24) is 14.1 Å². The molecule has 59 heavy (non-hydrogen) atoms. The van der Waals surface area contributed by atoms with Crippen LogP contribution in [-0.4, -0.2) is 66.7 Å². The first-order valence-electron chi connectivity index (χ1n) is 19.8. The maximum Gasteiger partial charge on any atom is 0.166 e. The lowest BCUT2D eigenvalue weighted by Crippen LogP contribution is -2.27. The number of anilines is 1. The number of aldehydes is 2. The van der Waals surface area contributed by atoms with E-state index < -0.39 is 0 Å². The highest BCUT2D eigenvalue weighted by Crippen LogP contribution is 2.41. The highest BCUT2D eigenvalue weighted by molar-refractivity contribution is 6.37. The van der Waals surface area contributed by atoms with Gasteiger partial charge in [0.2, 0.25) is 0 Å². The summed E-state index contributed by atoms with van der Waals surface area (Å²) in [6, 6.07) is 23.5. The maximum absolute atomic E-state index is 13.4. The summed E-state index contributed by atoms with van der Waals surface area (Å²) < 4.78 is 16.6. The minimum Gasteiger partial charge on any atom is -0.494 e. The first-order chi connectivity index (χ1) is 28.3. The molecule has 0 aliphatic carbocycles. The van der Waals surface area contributed by atoms with Crippen LogP contribution in [0.3, 0.4) is 0 Å². The van der Waals surface area contributed by atoms with Crippen molar-refractivity contribution in [2.45, 2.75) is 60.1 Å². The number of fused-ring (bicyclic) bond motifs is 2. The van der Waals surface area contributed by atoms with E-state index in [0.717, 1.165) is 89.9 Å². The lowest BCUT2D eigenvalue weighted by atomic mass is 9.97. The van der Waals surface area contributed by atoms with Crippen LogP contribution in [0.15, 0.2) is 84.0 Å². The molecule has 9 nitrogen and oxygen atoms in total. The number of rotatable bonds is 17. The quantitative estimate of drug-likeness (QED) is 0.0394. The average molecular weight is 835 g/mol. The third-order valence-electron chi connectivity index (χ3n) is 10.8. The lowest BCUT2D eigenvalue weighted by molar-refractivity contribution is 0.110. The van der Waals surface area contributed by atoms with Crippen LogP contribution in [0.25, 0.3) is 27.4 Å². The molecule has 0 unspecified atom stereocenters. The summed E-state index contributed by atoms with van der Waals surface area (Å²) in [7, 11) is 7.71. The van der Waals surface area contributed by atoms with Crippen molar-refractivity contribution in [2.75, 3.05) is 39.2 Å². The first-order valence-corrected chi connectivity index (χ1v) is 20.6. The van der Waals surface area contributed by atoms with Gasteiger partial charge in [0.25, 0.3) is 0 Å². The summed E-state index contributed by atoms with van der Waals surface area (Å²) >= 11 is 13.6. The molecule has 308 valence electrons. The SMILES string of the molecule is C/C=C(/C(C)=N\N(C)C)c1c(Cl)ccc2c(CCCOc3cc(C)c(Cl)c(C)c3)c(C=O)n([C@H](C)CN(C)c3cc(OCc4ccccc4)cc4cc(C=O)n(C)c34)c12. The number of hydrogen-bond donors (Lipinski definition) is 0. The Hall–Kier alpha value is -5.51. The highest BCUT2D eigenvalue weighted by Gasteiger charge is 2.27. The predicted molar refractivity (Wildman–Crippen MR) is 245 cm³/mol. The van der Waals surface area contributed by atoms with Gasteiger partial charge in [-0.25, -0.2) is 0 Å². The Morgan fingerprint density at radius 2 is 1.59 bits per heavy atom. The van der Waals surface area contributed by atoms with Gasteiger partial charge in [0.15, 0.2) is 12.6 Å². The van der Waals surface area contributed by atoms with E-state index in [9.17, 15) is 9.59 Å². The first kappa shape index (κ1) is 43.1. The number of hydrazone groups is 1. The number of aryl methyl sites for hydroxylation is 4. The minimum absolute atomic E-state index is 0.233. The van der Waals surface area contributed by atoms with Crippen LogP contribution >= 0.6 is 23.2 Å². The fourth-order valence-electron chi connectivity index (χ4n) is 8.16. The van der Waals surface area contributed by atoms with Crippen LogP contribution in [0.2, 0.25) is 10.0 Å². The monoisotopic (exact) mass is 833 g/mol. The number of likely N-dealkylation sites (N-methyl/N-ethyl adjacent to an activating group) is 1. The zero-order valence-corrected chi connectivity index (χ0v) is 36.9. The second-order valence-electron chi connectivity index (χ2n) is 15.4. The van der Waals surface area contributed by atoms with E-state index >= 15 is 0 Å². The summed E-state index contributed by atoms with van der Waals surface area (Å²) in [6.07, 6.45) is 5.14. The van der Waals surface area contributed by atoms with Crippen molar-refractivity contribution in [3.8, 4) is 11.5 Å². The summed E-state index contributed by atoms with van der Waals surface area (Å²) in [6.45, 7) is 11.4. The van der Waals surface area contributed by atoms with Crippen LogP contribution in [0.1, 0.15) is 82.0 Å². The number of nitrogens with zero attached hydrogens (tertiary/aromatic N) is 5. The van der Waals surface area contributed by atoms with E-state index in [1.807, 2.05) is 139 Å². The molecule has 6 rings (SSSR count). The van der Waals surface area contributed by atoms with Crippen LogP contribution in [0.4, 0.5) is 5.69 Å². The molecule has 0 amide bonds. The smallest absolute Gasteiger partial charge is 0.166 e. The largest absolute Gasteiger partial charge is 0.494 e. The molecular formula is C48H53Cl2N5O4. The Bertz CT molecular complexity index is 2550. The number of carbonyl (C=O) groups is 2. The van der Waals surface area contributed by atoms with Gasteiger partial charge in [-0.2, -0.15) is 5.10 Å². The van der Waals surface area contributed by atoms with Crippen molar-refractivity contribution < 1.29 is 19.1 Å². The molecule has 0 saturated heterocycles. The normalized spacial score (nSPS) is 12.6. The standard InChI is InChI=1S/C48H53Cl2N5O4/c1-10-39(33(5)51-52(6)7)45-42(49)19-18-41-40(17-14-20-58-37-21-30(2)46(50)31(3)22-37)44(28-57)55(48(41)45)32(4)26-53(8)43-25-38(59-29-34-15-12-11-13-16-34)24-35-23-36(27-56)54(9)47(35)43/h10-13,15-16,18-19,21-25,27-28,32H,14,17,20,26,29H2,1-9H3/b39-10-,51-33-/t32-/m1/s1. The minimum atomic E-state index is -0.233. The predicted octanol–water partition coefficient (Wildman–Crippen LogP) is 11.3. The van der Waals surface area contributed by atoms with Crippen molar-refractivity contribution in [3.63, 3.8) is 0 Å². The molecule has 6 aromatic rings. The Kier molecular flexibility index (Phi) is 13.6. The van der Waals surface area contributed by atoms with E-state index in [4.69, 9.17) is 37.8 Å². The van der Waals surface area contributed by atoms with Crippen molar-refractivity contribution in [1.29, 1.82) is 0 Å². The van der Waals surface area contributed by atoms with Gasteiger partial charge in [0.05, 0.1) is 45.4 Å². The number of allylic oxidation sites excluding steroid dienone is 2. The molecule has 0 spiro atoms. The number of aromatic nitrogens is 2. The van der Waals surface area contributed by atoms with E-state index in [-0.39, 0.29) is 6.04 Å². The molecule has 0 saturated carbocycles. The second-order valence-corrected chi connectivity index (χ2v) is 16.1. The zero-order chi connectivity index (χ0) is 42.5. The molecule has 4 aromatic carbocycles. The number of halogens is 2. The summed E-state index contributed by atoms with van der Waals surface area (Å²) in [5.74, 6) is 1.46. The summed E-state index contributed by atoms with van der Waals surface area (Å²) in [4.78, 5) is 27.7. The lowest BCUT2D eigenvalue weighted by Gasteiger charge is -2.28. The van der Waals surface area contributed by atoms with Crippen LogP contribution < -0.4 is 14.4 Å². The molecule has 0 aliphatic rings. The van der Waals surface area contributed by atoms with Crippen LogP contribution in [0.5, 0.6) is 11.5 Å². The Balaban J connectivity index is 1.43. The van der Waals surface area contributed by atoms with Crippen molar-refractivity contribution in [3.05, 3.63) is 128 Å². The molecule has 11 heteroatoms. The van der Waals surface area contributed by atoms with Gasteiger partial charge < -0.3 is 28.5 Å². The number of carbonyl (C=O) groups excluding carboxylic acids is 2. The van der Waals surface area contributed by atoms with Gasteiger partial charge in [-0.1, -0.05) is 65.7 Å². The molecule has 2 heterocycles. The van der Waals surface area contributed by atoms with Crippen LogP contribution in [-0.2, 0) is 20.1 Å². The topological polar surface area (TPSA) is 81.3 Å². The molecular weight excluding hydrogens is 781 g/mol. The molecule has 2 aromatic heterocycles. The van der Waals surface area contributed by atoms with E-state index in [1.165, 1.54) is 0 Å². The number of benzene rings is 4. The highest BCUT2D eigenvalue weighted by atomic mass is 35.5. The molecule has 0 radical (unpaired) electrons. The average Bonchev–Trinajstić information content (AvgIpc) is 3.71. The Morgan fingerprint density at radius 3 is 2.24 bits per heavy atom. The van der Waals surface area contributed by atoms with Gasteiger partial charge in [-0.05, 0) is 100 Å². The van der Waals surface area contributed by atoms with Crippen LogP contribution in [0, 0.1) is 13.8 Å². The van der Waals surface area contributed by atoms with E-state index in [2.05, 4.69) is 16.4 Å². The maximum atomic E-state index is 13.4. The third kappa shape index (κ3) is 9.07. The van der Waals surface area contributed by atoms with Gasteiger partial charge in [0, 0.05) is 73.8 Å². The van der Waals surface area contributed by atoms with Gasteiger partial charge >= 0.3 is 0 Å². The molecule has 0 bridgehead atoms. The van der Waals surface area contributed by atoms with Gasteiger partial charge in [-0.15, -0.1) is 0 Å². The molecule has 0 fully saturated rings. The number of ether oxygens (including phenoxy) is 2. The van der Waals surface area contributed by atoms with E-state index in [1.54, 1.807) is 5.01 Å². The molecule has 0 aliphatic heterocycles. The van der Waals surface area contributed by atoms with Crippen molar-refractivity contribution >= 4 is 74.6 Å². The third-order valence-corrected chi connectivity index (χ3v) is 11.7. The van der Waals surface area contributed by atoms with Gasteiger partial charge in [-0.3, -0.25) is 9.59 Å². The zero-order valence-electron chi connectivity index (χ0n) is 35.4.